The molecule has 0 atom stereocenters. The Labute approximate surface area is 196 Å². The fourth-order valence-electron chi connectivity index (χ4n) is 3.68. The number of nitrogens with two attached hydrogens (primary N) is 1. The van der Waals surface area contributed by atoms with Crippen LogP contribution in [0.2, 0.25) is 0 Å². The summed E-state index contributed by atoms with van der Waals surface area (Å²) < 4.78 is 4.42. The predicted molar refractivity (Wildman–Crippen MR) is 131 cm³/mol. The summed E-state index contributed by atoms with van der Waals surface area (Å²) in [5.74, 6) is 0.684. The van der Waals surface area contributed by atoms with E-state index in [2.05, 4.69) is 27.1 Å². The Morgan fingerprint density at radius 2 is 1.97 bits per heavy atom. The van der Waals surface area contributed by atoms with Crippen molar-refractivity contribution < 1.29 is 5.21 Å². The predicted octanol–water partition coefficient (Wildman–Crippen LogP) is 2.76. The van der Waals surface area contributed by atoms with E-state index in [1.165, 1.54) is 9.08 Å². The van der Waals surface area contributed by atoms with Crippen LogP contribution in [0.1, 0.15) is 25.2 Å². The van der Waals surface area contributed by atoms with Crippen LogP contribution in [0.3, 0.4) is 0 Å². The number of nitrogens with zero attached hydrogens (tertiary/aromatic N) is 6. The molecule has 0 fully saturated rings. The van der Waals surface area contributed by atoms with Gasteiger partial charge in [-0.15, -0.1) is 5.10 Å². The maximum Gasteiger partial charge on any atom is 0.353 e. The van der Waals surface area contributed by atoms with Gasteiger partial charge in [0.25, 0.3) is 0 Å². The number of nitrogen functional groups attached to an aromatic ring is 1. The van der Waals surface area contributed by atoms with E-state index in [1.807, 2.05) is 54.9 Å². The number of nitrogens with one attached hydrogen (secondary N) is 1. The van der Waals surface area contributed by atoms with Crippen LogP contribution in [0.4, 0.5) is 5.95 Å². The van der Waals surface area contributed by atoms with E-state index in [0.717, 1.165) is 11.1 Å². The number of hydrogen-bond acceptors (Lipinski definition) is 7. The lowest BCUT2D eigenvalue weighted by molar-refractivity contribution is 0.201. The van der Waals surface area contributed by atoms with Gasteiger partial charge < -0.3 is 10.3 Å². The first-order chi connectivity index (χ1) is 16.3. The lowest BCUT2D eigenvalue weighted by Crippen LogP contribution is -2.24. The van der Waals surface area contributed by atoms with Gasteiger partial charge in [0.1, 0.15) is 12.4 Å². The van der Waals surface area contributed by atoms with E-state index in [0.29, 0.717) is 34.0 Å². The standard InChI is InChI=1S/C24H26N8O2/c1-15(2)12-18(13-16(3)29-34)20-21(17-8-6-5-7-9-17)27-23(25)32-22(20)28-31(24(32)33)14-19-26-10-11-30(19)4/h5-13,29,34H,1,14H2,2-4H3,(H2,25,27)/b16-13-,18-12+. The van der Waals surface area contributed by atoms with Gasteiger partial charge in [-0.05, 0) is 25.5 Å². The molecule has 3 heterocycles. The van der Waals surface area contributed by atoms with E-state index >= 15 is 0 Å². The molecule has 0 unspecified atom stereocenters. The minimum Gasteiger partial charge on any atom is -0.369 e. The highest BCUT2D eigenvalue weighted by Crippen LogP contribution is 2.33. The summed E-state index contributed by atoms with van der Waals surface area (Å²) in [6.45, 7) is 7.72. The molecule has 0 aliphatic rings. The number of allylic oxidation sites excluding steroid dienone is 5. The summed E-state index contributed by atoms with van der Waals surface area (Å²) in [6.07, 6.45) is 7.03. The normalized spacial score (nSPS) is 12.4. The number of aryl methyl sites for hydroxylation is 1. The quantitative estimate of drug-likeness (QED) is 0.287. The molecule has 0 amide bonds. The Bertz CT molecular complexity index is 1490. The monoisotopic (exact) mass is 458 g/mol. The first-order valence-corrected chi connectivity index (χ1v) is 10.6. The fraction of sp³-hybridized carbons (Fsp3) is 0.167. The Morgan fingerprint density at radius 1 is 1.24 bits per heavy atom. The van der Waals surface area contributed by atoms with Gasteiger partial charge in [-0.3, -0.25) is 10.7 Å². The number of benzene rings is 1. The van der Waals surface area contributed by atoms with E-state index in [4.69, 9.17) is 5.73 Å². The van der Waals surface area contributed by atoms with Crippen LogP contribution in [-0.4, -0.2) is 33.9 Å². The largest absolute Gasteiger partial charge is 0.369 e. The van der Waals surface area contributed by atoms with Crippen molar-refractivity contribution in [1.82, 2.24) is 34.2 Å². The zero-order valence-electron chi connectivity index (χ0n) is 19.2. The SMILES string of the molecule is C=C(C)/C=C(\C=C(\C)NO)c1c(-c2ccccc2)nc(N)n2c(=O)n(Cc3nccn3C)nc12. The van der Waals surface area contributed by atoms with E-state index in [1.54, 1.807) is 25.4 Å². The third-order valence-electron chi connectivity index (χ3n) is 5.25. The first-order valence-electron chi connectivity index (χ1n) is 10.6. The molecule has 4 N–H and O–H groups in total. The van der Waals surface area contributed by atoms with Crippen LogP contribution >= 0.6 is 0 Å². The van der Waals surface area contributed by atoms with Gasteiger partial charge in [-0.25, -0.2) is 23.8 Å². The highest BCUT2D eigenvalue weighted by Gasteiger charge is 2.22. The number of fused-ring (bicyclic) bond motifs is 1. The van der Waals surface area contributed by atoms with Crippen LogP contribution < -0.4 is 16.9 Å². The average Bonchev–Trinajstić information content (AvgIpc) is 3.36. The van der Waals surface area contributed by atoms with E-state index in [-0.39, 0.29) is 12.5 Å². The highest BCUT2D eigenvalue weighted by molar-refractivity contribution is 5.92. The van der Waals surface area contributed by atoms with Gasteiger partial charge in [0.05, 0.1) is 11.3 Å². The van der Waals surface area contributed by atoms with Crippen LogP contribution in [-0.2, 0) is 13.6 Å². The Morgan fingerprint density at radius 3 is 2.59 bits per heavy atom. The topological polar surface area (TPSA) is 128 Å². The second-order valence-corrected chi connectivity index (χ2v) is 8.00. The van der Waals surface area contributed by atoms with Crippen molar-refractivity contribution >= 4 is 17.2 Å². The molecule has 0 aliphatic heterocycles. The average molecular weight is 459 g/mol. The van der Waals surface area contributed by atoms with Gasteiger partial charge in [0, 0.05) is 30.7 Å². The molecule has 0 saturated heterocycles. The molecule has 10 heteroatoms. The molecule has 0 bridgehead atoms. The molecule has 0 spiro atoms. The Kier molecular flexibility index (Phi) is 6.15. The van der Waals surface area contributed by atoms with E-state index in [9.17, 15) is 10.0 Å². The van der Waals surface area contributed by atoms with Crippen LogP contribution in [0.15, 0.2) is 77.5 Å². The van der Waals surface area contributed by atoms with Gasteiger partial charge in [0.15, 0.2) is 5.65 Å². The zero-order chi connectivity index (χ0) is 24.4. The minimum absolute atomic E-state index is 0.0179. The summed E-state index contributed by atoms with van der Waals surface area (Å²) in [5.41, 5.74) is 12.2. The molecule has 10 nitrogen and oxygen atoms in total. The number of aromatic nitrogens is 6. The first kappa shape index (κ1) is 22.7. The minimum atomic E-state index is -0.431. The summed E-state index contributed by atoms with van der Waals surface area (Å²) in [4.78, 5) is 22.2. The van der Waals surface area contributed by atoms with Crippen LogP contribution in [0.25, 0.3) is 22.5 Å². The van der Waals surface area contributed by atoms with Crippen LogP contribution in [0.5, 0.6) is 0 Å². The number of hydroxylamine groups is 1. The number of rotatable bonds is 7. The maximum absolute atomic E-state index is 13.3. The molecule has 0 saturated carbocycles. The molecule has 34 heavy (non-hydrogen) atoms. The Balaban J connectivity index is 2.09. The van der Waals surface area contributed by atoms with Crippen molar-refractivity contribution in [3.8, 4) is 11.3 Å². The molecule has 4 aromatic rings. The summed E-state index contributed by atoms with van der Waals surface area (Å²) in [5, 5.41) is 14.1. The molecule has 0 radical (unpaired) electrons. The molecule has 4 rings (SSSR count). The second kappa shape index (κ2) is 9.20. The molecule has 0 aliphatic carbocycles. The highest BCUT2D eigenvalue weighted by atomic mass is 16.5. The number of anilines is 1. The third-order valence-corrected chi connectivity index (χ3v) is 5.25. The number of imidazole rings is 1. The smallest absolute Gasteiger partial charge is 0.353 e. The lowest BCUT2D eigenvalue weighted by atomic mass is 9.97. The molecular weight excluding hydrogens is 432 g/mol. The molecular formula is C24H26N8O2. The van der Waals surface area contributed by atoms with Crippen molar-refractivity contribution in [2.75, 3.05) is 5.73 Å². The molecule has 174 valence electrons. The van der Waals surface area contributed by atoms with Gasteiger partial charge in [0.2, 0.25) is 5.95 Å². The zero-order valence-corrected chi connectivity index (χ0v) is 19.2. The summed E-state index contributed by atoms with van der Waals surface area (Å²) >= 11 is 0. The van der Waals surface area contributed by atoms with Gasteiger partial charge in [-0.2, -0.15) is 0 Å². The Hall–Kier alpha value is -4.44. The lowest BCUT2D eigenvalue weighted by Gasteiger charge is -2.14. The van der Waals surface area contributed by atoms with Gasteiger partial charge >= 0.3 is 5.69 Å². The van der Waals surface area contributed by atoms with Crippen molar-refractivity contribution in [3.63, 3.8) is 0 Å². The van der Waals surface area contributed by atoms with Crippen molar-refractivity contribution in [2.45, 2.75) is 20.4 Å². The van der Waals surface area contributed by atoms with Crippen LogP contribution in [0, 0.1) is 0 Å². The second-order valence-electron chi connectivity index (χ2n) is 8.00. The number of hydrogen-bond donors (Lipinski definition) is 3. The van der Waals surface area contributed by atoms with E-state index < -0.39 is 5.69 Å². The molecule has 1 aromatic carbocycles. The molecule has 3 aromatic heterocycles. The van der Waals surface area contributed by atoms with Crippen molar-refractivity contribution in [2.24, 2.45) is 7.05 Å². The van der Waals surface area contributed by atoms with Crippen molar-refractivity contribution in [3.05, 3.63) is 94.6 Å². The fourth-order valence-corrected chi connectivity index (χ4v) is 3.68. The van der Waals surface area contributed by atoms with Crippen molar-refractivity contribution in [1.29, 1.82) is 0 Å². The maximum atomic E-state index is 13.3. The summed E-state index contributed by atoms with van der Waals surface area (Å²) in [7, 11) is 1.85. The third kappa shape index (κ3) is 4.26. The van der Waals surface area contributed by atoms with Gasteiger partial charge in [-0.1, -0.05) is 48.6 Å². The summed E-state index contributed by atoms with van der Waals surface area (Å²) in [6, 6.07) is 9.51.